The van der Waals surface area contributed by atoms with Crippen molar-refractivity contribution in [3.05, 3.63) is 48.5 Å². The predicted octanol–water partition coefficient (Wildman–Crippen LogP) is 4.07. The molecule has 0 aliphatic carbocycles. The van der Waals surface area contributed by atoms with Crippen molar-refractivity contribution in [2.75, 3.05) is 44.3 Å². The van der Waals surface area contributed by atoms with E-state index in [0.717, 1.165) is 16.8 Å². The Morgan fingerprint density at radius 1 is 0.875 bits per heavy atom. The number of amides is 1. The number of carbonyl (C=O) groups excluding carboxylic acids is 2. The Labute approximate surface area is 183 Å². The first-order valence-corrected chi connectivity index (χ1v) is 10.0. The lowest BCUT2D eigenvalue weighted by Gasteiger charge is -2.35. The smallest absolute Gasteiger partial charge is 0.463 e. The van der Waals surface area contributed by atoms with Gasteiger partial charge in [-0.15, -0.1) is 13.2 Å². The fraction of sp³-hybridized carbons (Fsp3) is 0.364. The van der Waals surface area contributed by atoms with Gasteiger partial charge in [-0.2, -0.15) is 0 Å². The van der Waals surface area contributed by atoms with Crippen LogP contribution in [0.15, 0.2) is 48.5 Å². The van der Waals surface area contributed by atoms with Crippen molar-refractivity contribution in [1.82, 2.24) is 4.90 Å². The molecule has 0 N–H and O–H groups in total. The van der Waals surface area contributed by atoms with Gasteiger partial charge in [-0.05, 0) is 42.3 Å². The Kier molecular flexibility index (Phi) is 7.45. The van der Waals surface area contributed by atoms with Crippen molar-refractivity contribution in [1.29, 1.82) is 0 Å². The van der Waals surface area contributed by atoms with Gasteiger partial charge in [0.2, 0.25) is 0 Å². The summed E-state index contributed by atoms with van der Waals surface area (Å²) in [6.07, 6.45) is -5.27. The number of ether oxygens (including phenoxy) is 3. The third-order valence-corrected chi connectivity index (χ3v) is 4.81. The molecule has 32 heavy (non-hydrogen) atoms. The molecule has 1 aliphatic heterocycles. The lowest BCUT2D eigenvalue weighted by Crippen LogP contribution is -2.49. The number of hydrogen-bond donors (Lipinski definition) is 0. The summed E-state index contributed by atoms with van der Waals surface area (Å²) in [5.41, 5.74) is 2.58. The van der Waals surface area contributed by atoms with Gasteiger partial charge in [0.1, 0.15) is 5.75 Å². The summed E-state index contributed by atoms with van der Waals surface area (Å²) in [5, 5.41) is 0. The van der Waals surface area contributed by atoms with E-state index in [0.29, 0.717) is 26.2 Å². The molecule has 10 heteroatoms. The standard InChI is InChI=1S/C22H23F3N2O5/c1-2-30-20(28)15-31-21(29)27-13-11-26(12-14-27)18-7-3-16(4-8-18)17-5-9-19(10-6-17)32-22(23,24)25/h3-10H,2,11-15H2,1H3. The molecular weight excluding hydrogens is 429 g/mol. The van der Waals surface area contributed by atoms with Gasteiger partial charge in [0, 0.05) is 31.9 Å². The first-order chi connectivity index (χ1) is 15.2. The van der Waals surface area contributed by atoms with E-state index in [-0.39, 0.29) is 12.4 Å². The zero-order valence-electron chi connectivity index (χ0n) is 17.4. The van der Waals surface area contributed by atoms with Gasteiger partial charge in [0.15, 0.2) is 6.61 Å². The van der Waals surface area contributed by atoms with Crippen LogP contribution >= 0.6 is 0 Å². The average molecular weight is 452 g/mol. The van der Waals surface area contributed by atoms with Crippen LogP contribution in [0.1, 0.15) is 6.92 Å². The molecule has 3 rings (SSSR count). The first kappa shape index (κ1) is 23.2. The first-order valence-electron chi connectivity index (χ1n) is 10.0. The van der Waals surface area contributed by atoms with Crippen molar-refractivity contribution in [3.8, 4) is 16.9 Å². The van der Waals surface area contributed by atoms with Crippen LogP contribution in [-0.4, -0.2) is 62.7 Å². The fourth-order valence-electron chi connectivity index (χ4n) is 3.28. The molecule has 0 radical (unpaired) electrons. The molecule has 1 heterocycles. The van der Waals surface area contributed by atoms with Crippen molar-refractivity contribution >= 4 is 17.7 Å². The van der Waals surface area contributed by atoms with Gasteiger partial charge < -0.3 is 24.0 Å². The van der Waals surface area contributed by atoms with Crippen molar-refractivity contribution in [2.24, 2.45) is 0 Å². The molecule has 1 aliphatic rings. The molecular formula is C22H23F3N2O5. The highest BCUT2D eigenvalue weighted by atomic mass is 19.4. The van der Waals surface area contributed by atoms with Crippen LogP contribution in [0.5, 0.6) is 5.75 Å². The molecule has 2 aromatic rings. The van der Waals surface area contributed by atoms with Gasteiger partial charge in [-0.1, -0.05) is 24.3 Å². The van der Waals surface area contributed by atoms with Crippen molar-refractivity contribution in [3.63, 3.8) is 0 Å². The molecule has 0 aromatic heterocycles. The molecule has 0 atom stereocenters. The van der Waals surface area contributed by atoms with Gasteiger partial charge >= 0.3 is 18.4 Å². The SMILES string of the molecule is CCOC(=O)COC(=O)N1CCN(c2ccc(-c3ccc(OC(F)(F)F)cc3)cc2)CC1. The Balaban J connectivity index is 1.52. The Morgan fingerprint density at radius 2 is 1.44 bits per heavy atom. The third kappa shape index (κ3) is 6.53. The van der Waals surface area contributed by atoms with Gasteiger partial charge in [-0.25, -0.2) is 9.59 Å². The number of carbonyl (C=O) groups is 2. The molecule has 2 aromatic carbocycles. The third-order valence-electron chi connectivity index (χ3n) is 4.81. The minimum absolute atomic E-state index is 0.228. The molecule has 7 nitrogen and oxygen atoms in total. The molecule has 0 spiro atoms. The fourth-order valence-corrected chi connectivity index (χ4v) is 3.28. The lowest BCUT2D eigenvalue weighted by molar-refractivity contribution is -0.274. The van der Waals surface area contributed by atoms with Gasteiger partial charge in [-0.3, -0.25) is 0 Å². The second-order valence-corrected chi connectivity index (χ2v) is 6.95. The Bertz CT molecular complexity index is 909. The second kappa shape index (κ2) is 10.3. The van der Waals surface area contributed by atoms with Crippen LogP contribution in [0, 0.1) is 0 Å². The van der Waals surface area contributed by atoms with Crippen molar-refractivity contribution < 1.29 is 37.0 Å². The van der Waals surface area contributed by atoms with E-state index < -0.39 is 25.0 Å². The van der Waals surface area contributed by atoms with E-state index in [9.17, 15) is 22.8 Å². The van der Waals surface area contributed by atoms with E-state index in [4.69, 9.17) is 9.47 Å². The van der Waals surface area contributed by atoms with Crippen LogP contribution in [-0.2, 0) is 14.3 Å². The molecule has 1 amide bonds. The van der Waals surface area contributed by atoms with E-state index >= 15 is 0 Å². The zero-order chi connectivity index (χ0) is 23.1. The normalized spacial score (nSPS) is 14.1. The van der Waals surface area contributed by atoms with Crippen LogP contribution in [0.25, 0.3) is 11.1 Å². The van der Waals surface area contributed by atoms with E-state index in [1.54, 1.807) is 19.1 Å². The quantitative estimate of drug-likeness (QED) is 0.616. The highest BCUT2D eigenvalue weighted by molar-refractivity contribution is 5.76. The zero-order valence-corrected chi connectivity index (χ0v) is 17.4. The van der Waals surface area contributed by atoms with Crippen LogP contribution in [0.4, 0.5) is 23.7 Å². The monoisotopic (exact) mass is 452 g/mol. The number of piperazine rings is 1. The molecule has 0 unspecified atom stereocenters. The highest BCUT2D eigenvalue weighted by Gasteiger charge is 2.31. The number of anilines is 1. The Morgan fingerprint density at radius 3 is 1.97 bits per heavy atom. The molecule has 172 valence electrons. The summed E-state index contributed by atoms with van der Waals surface area (Å²) in [4.78, 5) is 27.0. The van der Waals surface area contributed by atoms with Crippen LogP contribution < -0.4 is 9.64 Å². The predicted molar refractivity (Wildman–Crippen MR) is 110 cm³/mol. The molecule has 1 saturated heterocycles. The molecule has 1 fully saturated rings. The summed E-state index contributed by atoms with van der Waals surface area (Å²) >= 11 is 0. The van der Waals surface area contributed by atoms with Gasteiger partial charge in [0.05, 0.1) is 6.61 Å². The summed E-state index contributed by atoms with van der Waals surface area (Å²) in [6.45, 7) is 3.58. The Hall–Kier alpha value is -3.43. The number of benzene rings is 2. The topological polar surface area (TPSA) is 68.3 Å². The van der Waals surface area contributed by atoms with Crippen LogP contribution in [0.2, 0.25) is 0 Å². The summed E-state index contributed by atoms with van der Waals surface area (Å²) in [7, 11) is 0. The van der Waals surface area contributed by atoms with E-state index in [1.165, 1.54) is 17.0 Å². The minimum Gasteiger partial charge on any atom is -0.463 e. The minimum atomic E-state index is -4.72. The van der Waals surface area contributed by atoms with E-state index in [2.05, 4.69) is 9.64 Å². The number of alkyl halides is 3. The number of halogens is 3. The maximum Gasteiger partial charge on any atom is 0.573 e. The largest absolute Gasteiger partial charge is 0.573 e. The summed E-state index contributed by atoms with van der Waals surface area (Å²) in [5.74, 6) is -0.849. The second-order valence-electron chi connectivity index (χ2n) is 6.95. The van der Waals surface area contributed by atoms with Crippen molar-refractivity contribution in [2.45, 2.75) is 13.3 Å². The molecule has 0 saturated carbocycles. The van der Waals surface area contributed by atoms with Gasteiger partial charge in [0.25, 0.3) is 0 Å². The maximum atomic E-state index is 12.3. The number of hydrogen-bond acceptors (Lipinski definition) is 6. The van der Waals surface area contributed by atoms with Crippen LogP contribution in [0.3, 0.4) is 0 Å². The summed E-state index contributed by atoms with van der Waals surface area (Å²) < 4.78 is 50.4. The average Bonchev–Trinajstić information content (AvgIpc) is 2.77. The number of rotatable bonds is 6. The highest BCUT2D eigenvalue weighted by Crippen LogP contribution is 2.28. The number of nitrogens with zero attached hydrogens (tertiary/aromatic N) is 2. The number of esters is 1. The summed E-state index contributed by atoms with van der Waals surface area (Å²) in [6, 6.07) is 13.3. The van der Waals surface area contributed by atoms with E-state index in [1.807, 2.05) is 24.3 Å². The lowest BCUT2D eigenvalue weighted by atomic mass is 10.0. The molecule has 0 bridgehead atoms. The maximum absolute atomic E-state index is 12.3.